The maximum absolute atomic E-state index is 12.9. The molecule has 0 bridgehead atoms. The molecule has 31 heavy (non-hydrogen) atoms. The van der Waals surface area contributed by atoms with E-state index in [-0.39, 0.29) is 17.6 Å². The molecule has 0 saturated heterocycles. The highest BCUT2D eigenvalue weighted by Gasteiger charge is 2.15. The minimum Gasteiger partial charge on any atom is -0.497 e. The van der Waals surface area contributed by atoms with Crippen LogP contribution >= 0.6 is 0 Å². The number of rotatable bonds is 6. The van der Waals surface area contributed by atoms with Crippen molar-refractivity contribution in [1.29, 1.82) is 0 Å². The second-order valence-corrected chi connectivity index (χ2v) is 6.89. The SMILES string of the molecule is COc1ccc(Oc2c(C)oc3cc(OC(=O)Cc4ccccc4)ccc3c2=O)cc1. The van der Waals surface area contributed by atoms with Crippen molar-refractivity contribution in [3.8, 4) is 23.0 Å². The number of carbonyl (C=O) groups is 1. The van der Waals surface area contributed by atoms with Crippen molar-refractivity contribution in [3.63, 3.8) is 0 Å². The summed E-state index contributed by atoms with van der Waals surface area (Å²) in [6, 6.07) is 20.9. The third kappa shape index (κ3) is 4.59. The first-order valence-electron chi connectivity index (χ1n) is 9.67. The molecule has 0 saturated carbocycles. The van der Waals surface area contributed by atoms with Gasteiger partial charge in [-0.3, -0.25) is 9.59 Å². The molecular weight excluding hydrogens is 396 g/mol. The van der Waals surface area contributed by atoms with Crippen LogP contribution in [0.2, 0.25) is 0 Å². The van der Waals surface area contributed by atoms with Crippen LogP contribution in [0.5, 0.6) is 23.0 Å². The minimum absolute atomic E-state index is 0.103. The standard InChI is InChI=1S/C25H20O6/c1-16-25(31-19-10-8-18(28-2)9-11-19)24(27)21-13-12-20(15-22(21)29-16)30-23(26)14-17-6-4-3-5-7-17/h3-13,15H,14H2,1-2H3. The number of hydrogen-bond acceptors (Lipinski definition) is 6. The quantitative estimate of drug-likeness (QED) is 0.323. The van der Waals surface area contributed by atoms with E-state index in [2.05, 4.69) is 0 Å². The summed E-state index contributed by atoms with van der Waals surface area (Å²) < 4.78 is 22.1. The van der Waals surface area contributed by atoms with Gasteiger partial charge in [-0.1, -0.05) is 30.3 Å². The Labute approximate surface area is 178 Å². The van der Waals surface area contributed by atoms with Gasteiger partial charge in [-0.15, -0.1) is 0 Å². The van der Waals surface area contributed by atoms with Crippen molar-refractivity contribution in [3.05, 3.63) is 94.3 Å². The van der Waals surface area contributed by atoms with Gasteiger partial charge in [-0.25, -0.2) is 0 Å². The van der Waals surface area contributed by atoms with E-state index in [1.165, 1.54) is 6.07 Å². The van der Waals surface area contributed by atoms with Crippen LogP contribution in [0.3, 0.4) is 0 Å². The first kappa shape index (κ1) is 20.2. The van der Waals surface area contributed by atoms with Gasteiger partial charge in [0, 0.05) is 6.07 Å². The maximum Gasteiger partial charge on any atom is 0.315 e. The van der Waals surface area contributed by atoms with Crippen LogP contribution in [0.15, 0.2) is 82.0 Å². The Morgan fingerprint density at radius 2 is 1.58 bits per heavy atom. The molecule has 6 nitrogen and oxygen atoms in total. The molecule has 1 heterocycles. The fourth-order valence-electron chi connectivity index (χ4n) is 3.14. The Kier molecular flexibility index (Phi) is 5.71. The average molecular weight is 416 g/mol. The van der Waals surface area contributed by atoms with Gasteiger partial charge in [0.1, 0.15) is 28.6 Å². The highest BCUT2D eigenvalue weighted by Crippen LogP contribution is 2.28. The zero-order valence-corrected chi connectivity index (χ0v) is 17.1. The molecule has 0 aliphatic heterocycles. The normalized spacial score (nSPS) is 10.6. The number of benzene rings is 3. The van der Waals surface area contributed by atoms with Gasteiger partial charge >= 0.3 is 5.97 Å². The van der Waals surface area contributed by atoms with Gasteiger partial charge < -0.3 is 18.6 Å². The van der Waals surface area contributed by atoms with Crippen LogP contribution < -0.4 is 19.6 Å². The topological polar surface area (TPSA) is 75.0 Å². The molecule has 4 aromatic rings. The third-order valence-electron chi connectivity index (χ3n) is 4.69. The van der Waals surface area contributed by atoms with Gasteiger partial charge in [-0.05, 0) is 48.9 Å². The van der Waals surface area contributed by atoms with Gasteiger partial charge in [0.2, 0.25) is 11.2 Å². The van der Waals surface area contributed by atoms with Gasteiger partial charge in [-0.2, -0.15) is 0 Å². The minimum atomic E-state index is -0.399. The van der Waals surface area contributed by atoms with E-state index in [1.807, 2.05) is 30.3 Å². The number of carbonyl (C=O) groups excluding carboxylic acids is 1. The number of hydrogen-bond donors (Lipinski definition) is 0. The summed E-state index contributed by atoms with van der Waals surface area (Å²) in [5, 5.41) is 0.331. The largest absolute Gasteiger partial charge is 0.497 e. The van der Waals surface area contributed by atoms with Gasteiger partial charge in [0.25, 0.3) is 0 Å². The maximum atomic E-state index is 12.9. The average Bonchev–Trinajstić information content (AvgIpc) is 2.77. The van der Waals surface area contributed by atoms with E-state index in [0.29, 0.717) is 34.0 Å². The molecule has 0 atom stereocenters. The van der Waals surface area contributed by atoms with Crippen molar-refractivity contribution in [2.75, 3.05) is 7.11 Å². The molecule has 0 unspecified atom stereocenters. The summed E-state index contributed by atoms with van der Waals surface area (Å²) in [6.45, 7) is 1.65. The van der Waals surface area contributed by atoms with E-state index < -0.39 is 5.97 Å². The second-order valence-electron chi connectivity index (χ2n) is 6.89. The molecule has 0 aliphatic carbocycles. The zero-order valence-electron chi connectivity index (χ0n) is 17.1. The van der Waals surface area contributed by atoms with E-state index >= 15 is 0 Å². The molecule has 0 radical (unpaired) electrons. The van der Waals surface area contributed by atoms with Crippen LogP contribution in [-0.4, -0.2) is 13.1 Å². The van der Waals surface area contributed by atoms with Crippen LogP contribution in [0.4, 0.5) is 0 Å². The molecule has 0 fully saturated rings. The van der Waals surface area contributed by atoms with E-state index in [4.69, 9.17) is 18.6 Å². The monoisotopic (exact) mass is 416 g/mol. The van der Waals surface area contributed by atoms with Gasteiger partial charge in [0.05, 0.1) is 18.9 Å². The van der Waals surface area contributed by atoms with Crippen molar-refractivity contribution in [2.24, 2.45) is 0 Å². The molecule has 1 aromatic heterocycles. The lowest BCUT2D eigenvalue weighted by atomic mass is 10.1. The molecule has 156 valence electrons. The Morgan fingerprint density at radius 1 is 0.903 bits per heavy atom. The lowest BCUT2D eigenvalue weighted by Gasteiger charge is -2.10. The third-order valence-corrected chi connectivity index (χ3v) is 4.69. The molecule has 0 spiro atoms. The highest BCUT2D eigenvalue weighted by molar-refractivity contribution is 5.81. The summed E-state index contributed by atoms with van der Waals surface area (Å²) in [6.07, 6.45) is 0.149. The molecule has 0 N–H and O–H groups in total. The van der Waals surface area contributed by atoms with E-state index in [9.17, 15) is 9.59 Å². The summed E-state index contributed by atoms with van der Waals surface area (Å²) in [4.78, 5) is 25.1. The lowest BCUT2D eigenvalue weighted by Crippen LogP contribution is -2.11. The van der Waals surface area contributed by atoms with Crippen molar-refractivity contribution >= 4 is 16.9 Å². The predicted octanol–water partition coefficient (Wildman–Crippen LogP) is 5.05. The summed E-state index contributed by atoms with van der Waals surface area (Å²) in [5.74, 6) is 1.50. The first-order valence-corrected chi connectivity index (χ1v) is 9.67. The summed E-state index contributed by atoms with van der Waals surface area (Å²) in [7, 11) is 1.57. The summed E-state index contributed by atoms with van der Waals surface area (Å²) >= 11 is 0. The summed E-state index contributed by atoms with van der Waals surface area (Å²) in [5.41, 5.74) is 0.863. The molecule has 0 amide bonds. The molecular formula is C25H20O6. The van der Waals surface area contributed by atoms with Crippen molar-refractivity contribution in [2.45, 2.75) is 13.3 Å². The van der Waals surface area contributed by atoms with Crippen LogP contribution in [-0.2, 0) is 11.2 Å². The smallest absolute Gasteiger partial charge is 0.315 e. The number of methoxy groups -OCH3 is 1. The molecule has 6 heteroatoms. The molecule has 4 rings (SSSR count). The fraction of sp³-hybridized carbons (Fsp3) is 0.120. The van der Waals surface area contributed by atoms with E-state index in [0.717, 1.165) is 5.56 Å². The van der Waals surface area contributed by atoms with E-state index in [1.54, 1.807) is 50.4 Å². The zero-order chi connectivity index (χ0) is 21.8. The number of aryl methyl sites for hydroxylation is 1. The highest BCUT2D eigenvalue weighted by atomic mass is 16.5. The van der Waals surface area contributed by atoms with Gasteiger partial charge in [0.15, 0.2) is 0 Å². The van der Waals surface area contributed by atoms with Crippen LogP contribution in [0, 0.1) is 6.92 Å². The van der Waals surface area contributed by atoms with Crippen molar-refractivity contribution < 1.29 is 23.4 Å². The first-order chi connectivity index (χ1) is 15.0. The Morgan fingerprint density at radius 3 is 2.29 bits per heavy atom. The fourth-order valence-corrected chi connectivity index (χ4v) is 3.14. The predicted molar refractivity (Wildman–Crippen MR) is 116 cm³/mol. The Balaban J connectivity index is 1.57. The number of esters is 1. The lowest BCUT2D eigenvalue weighted by molar-refractivity contribution is -0.133. The Hall–Kier alpha value is -4.06. The number of ether oxygens (including phenoxy) is 3. The second kappa shape index (κ2) is 8.75. The Bertz CT molecular complexity index is 1270. The molecule has 0 aliphatic rings. The molecule has 3 aromatic carbocycles. The number of fused-ring (bicyclic) bond motifs is 1. The van der Waals surface area contributed by atoms with Crippen LogP contribution in [0.1, 0.15) is 11.3 Å². The van der Waals surface area contributed by atoms with Crippen LogP contribution in [0.25, 0.3) is 11.0 Å². The van der Waals surface area contributed by atoms with Crippen molar-refractivity contribution in [1.82, 2.24) is 0 Å².